The fraction of sp³-hybridized carbons (Fsp3) is 0.517. The van der Waals surface area contributed by atoms with Crippen molar-refractivity contribution in [1.29, 1.82) is 0 Å². The van der Waals surface area contributed by atoms with Crippen molar-refractivity contribution in [2.45, 2.75) is 85.1 Å². The first-order valence-corrected chi connectivity index (χ1v) is 13.7. The third-order valence-corrected chi connectivity index (χ3v) is 5.98. The molecular weight excluding hydrogens is 588 g/mol. The zero-order chi connectivity index (χ0) is 32.6. The van der Waals surface area contributed by atoms with E-state index in [1.807, 2.05) is 6.92 Å². The van der Waals surface area contributed by atoms with Crippen LogP contribution in [0.1, 0.15) is 54.4 Å². The first-order chi connectivity index (χ1) is 20.8. The number of hydrogen-bond donors (Lipinski definition) is 0. The zero-order valence-corrected chi connectivity index (χ0v) is 25.1. The molecule has 0 unspecified atom stereocenters. The number of unbranched alkanes of at least 4 members (excludes halogenated alkanes) is 1. The Morgan fingerprint density at radius 3 is 2.02 bits per heavy atom. The average Bonchev–Trinajstić information content (AvgIpc) is 2.91. The number of benzene rings is 1. The standard InChI is InChI=1S/C29H34O15/c1-7-8-11-36-23-20-10-9-19(12-21(20)43-28(35)26(23)40-17(5)33)42-29-27(41-18(6)34)25(39-16(4)32)24(38-15(3)31)22(44-29)13-37-14(2)30/h9-10,12,22,24-25,27,29H,7-8,11,13H2,1-6H3/t22-,24+,25+,27-,29-/m1/s1. The van der Waals surface area contributed by atoms with Crippen LogP contribution in [0.15, 0.2) is 27.4 Å². The van der Waals surface area contributed by atoms with E-state index < -0.39 is 78.5 Å². The molecule has 15 heteroatoms. The Balaban J connectivity index is 2.07. The fourth-order valence-corrected chi connectivity index (χ4v) is 4.32. The maximum Gasteiger partial charge on any atom is 0.383 e. The number of fused-ring (bicyclic) bond motifs is 1. The Morgan fingerprint density at radius 1 is 0.795 bits per heavy atom. The lowest BCUT2D eigenvalue weighted by molar-refractivity contribution is -0.288. The summed E-state index contributed by atoms with van der Waals surface area (Å²) in [6.07, 6.45) is -5.56. The van der Waals surface area contributed by atoms with Crippen LogP contribution in [0.3, 0.4) is 0 Å². The van der Waals surface area contributed by atoms with Crippen LogP contribution >= 0.6 is 0 Å². The third kappa shape index (κ3) is 8.92. The van der Waals surface area contributed by atoms with Crippen LogP contribution in [0.2, 0.25) is 0 Å². The summed E-state index contributed by atoms with van der Waals surface area (Å²) in [5.41, 5.74) is -0.996. The smallest absolute Gasteiger partial charge is 0.383 e. The van der Waals surface area contributed by atoms with E-state index in [-0.39, 0.29) is 29.1 Å². The summed E-state index contributed by atoms with van der Waals surface area (Å²) in [5.74, 6) is -4.19. The summed E-state index contributed by atoms with van der Waals surface area (Å²) in [7, 11) is 0. The molecule has 1 aliphatic heterocycles. The van der Waals surface area contributed by atoms with Crippen LogP contribution in [-0.4, -0.2) is 73.8 Å². The van der Waals surface area contributed by atoms with E-state index in [1.165, 1.54) is 18.2 Å². The van der Waals surface area contributed by atoms with Gasteiger partial charge in [0.2, 0.25) is 12.4 Å². The first-order valence-electron chi connectivity index (χ1n) is 13.7. The van der Waals surface area contributed by atoms with Crippen LogP contribution in [-0.2, 0) is 47.7 Å². The Labute approximate surface area is 251 Å². The summed E-state index contributed by atoms with van der Waals surface area (Å²) in [4.78, 5) is 72.0. The van der Waals surface area contributed by atoms with Gasteiger partial charge in [-0.25, -0.2) is 4.79 Å². The molecule has 0 saturated carbocycles. The average molecular weight is 623 g/mol. The Morgan fingerprint density at radius 2 is 1.43 bits per heavy atom. The SMILES string of the molecule is CCCCOc1c(OC(C)=O)c(=O)oc2cc(O[C@@H]3O[C@H](COC(C)=O)[C@H](OC(C)=O)[C@H](OC(C)=O)[C@H]3OC(C)=O)ccc12. The van der Waals surface area contributed by atoms with Crippen molar-refractivity contribution in [2.75, 3.05) is 13.2 Å². The van der Waals surface area contributed by atoms with Gasteiger partial charge in [-0.05, 0) is 18.6 Å². The van der Waals surface area contributed by atoms with Gasteiger partial charge in [0.05, 0.1) is 12.0 Å². The normalized spacial score (nSPS) is 21.1. The summed E-state index contributed by atoms with van der Waals surface area (Å²) >= 11 is 0. The molecule has 1 aromatic carbocycles. The van der Waals surface area contributed by atoms with Crippen LogP contribution in [0.4, 0.5) is 0 Å². The molecule has 0 radical (unpaired) electrons. The number of ether oxygens (including phenoxy) is 8. The quantitative estimate of drug-likeness (QED) is 0.145. The van der Waals surface area contributed by atoms with Crippen LogP contribution in [0.5, 0.6) is 17.2 Å². The second-order valence-corrected chi connectivity index (χ2v) is 9.69. The topological polar surface area (TPSA) is 189 Å². The van der Waals surface area contributed by atoms with E-state index in [1.54, 1.807) is 0 Å². The van der Waals surface area contributed by atoms with Crippen molar-refractivity contribution < 1.29 is 66.3 Å². The molecule has 0 bridgehead atoms. The summed E-state index contributed by atoms with van der Waals surface area (Å²) in [5, 5.41) is 0.283. The van der Waals surface area contributed by atoms with E-state index in [0.717, 1.165) is 41.0 Å². The van der Waals surface area contributed by atoms with Crippen molar-refractivity contribution in [1.82, 2.24) is 0 Å². The molecule has 0 aliphatic carbocycles. The van der Waals surface area contributed by atoms with Crippen molar-refractivity contribution in [3.05, 3.63) is 28.6 Å². The molecule has 1 saturated heterocycles. The lowest BCUT2D eigenvalue weighted by Crippen LogP contribution is -2.63. The second kappa shape index (κ2) is 15.2. The molecule has 0 spiro atoms. The minimum Gasteiger partial charge on any atom is -0.489 e. The van der Waals surface area contributed by atoms with Gasteiger partial charge in [0.15, 0.2) is 18.0 Å². The molecular formula is C29H34O15. The van der Waals surface area contributed by atoms with Gasteiger partial charge in [-0.1, -0.05) is 13.3 Å². The van der Waals surface area contributed by atoms with Gasteiger partial charge in [-0.2, -0.15) is 0 Å². The van der Waals surface area contributed by atoms with Crippen molar-refractivity contribution in [2.24, 2.45) is 0 Å². The molecule has 2 heterocycles. The van der Waals surface area contributed by atoms with Crippen LogP contribution in [0, 0.1) is 0 Å². The van der Waals surface area contributed by atoms with Gasteiger partial charge in [-0.15, -0.1) is 0 Å². The van der Waals surface area contributed by atoms with Crippen LogP contribution < -0.4 is 19.8 Å². The fourth-order valence-electron chi connectivity index (χ4n) is 4.32. The van der Waals surface area contributed by atoms with Crippen LogP contribution in [0.25, 0.3) is 11.0 Å². The summed E-state index contributed by atoms with van der Waals surface area (Å²) in [6.45, 7) is 7.31. The molecule has 1 fully saturated rings. The van der Waals surface area contributed by atoms with Gasteiger partial charge in [0, 0.05) is 40.7 Å². The molecule has 2 aromatic rings. The predicted octanol–water partition coefficient (Wildman–Crippen LogP) is 2.36. The highest BCUT2D eigenvalue weighted by Crippen LogP contribution is 2.36. The lowest BCUT2D eigenvalue weighted by atomic mass is 9.98. The number of carbonyl (C=O) groups is 5. The van der Waals surface area contributed by atoms with E-state index in [4.69, 9.17) is 42.3 Å². The first kappa shape index (κ1) is 33.8. The third-order valence-electron chi connectivity index (χ3n) is 5.98. The monoisotopic (exact) mass is 622 g/mol. The second-order valence-electron chi connectivity index (χ2n) is 9.69. The minimum absolute atomic E-state index is 0.00116. The lowest BCUT2D eigenvalue weighted by Gasteiger charge is -2.43. The maximum atomic E-state index is 12.8. The molecule has 0 N–H and O–H groups in total. The summed E-state index contributed by atoms with van der Waals surface area (Å²) in [6, 6.07) is 4.24. The van der Waals surface area contributed by atoms with E-state index >= 15 is 0 Å². The largest absolute Gasteiger partial charge is 0.489 e. The Bertz CT molecular complexity index is 1440. The van der Waals surface area contributed by atoms with Crippen molar-refractivity contribution >= 4 is 40.8 Å². The minimum atomic E-state index is -1.51. The molecule has 3 rings (SSSR count). The highest BCUT2D eigenvalue weighted by atomic mass is 16.7. The molecule has 0 amide bonds. The number of hydrogen-bond acceptors (Lipinski definition) is 15. The van der Waals surface area contributed by atoms with E-state index in [2.05, 4.69) is 0 Å². The number of esters is 5. The highest BCUT2D eigenvalue weighted by molar-refractivity contribution is 5.87. The maximum absolute atomic E-state index is 12.8. The molecule has 5 atom stereocenters. The Hall–Kier alpha value is -4.66. The predicted molar refractivity (Wildman–Crippen MR) is 147 cm³/mol. The van der Waals surface area contributed by atoms with Gasteiger partial charge < -0.3 is 42.3 Å². The molecule has 15 nitrogen and oxygen atoms in total. The number of rotatable bonds is 12. The van der Waals surface area contributed by atoms with E-state index in [9.17, 15) is 28.8 Å². The van der Waals surface area contributed by atoms with E-state index in [0.29, 0.717) is 6.42 Å². The van der Waals surface area contributed by atoms with Gasteiger partial charge in [0.1, 0.15) is 24.0 Å². The number of carbonyl (C=O) groups excluding carboxylic acids is 5. The van der Waals surface area contributed by atoms with Gasteiger partial charge >= 0.3 is 35.5 Å². The Kier molecular flexibility index (Phi) is 11.7. The molecule has 1 aliphatic rings. The zero-order valence-electron chi connectivity index (χ0n) is 25.1. The molecule has 240 valence electrons. The summed E-state index contributed by atoms with van der Waals surface area (Å²) < 4.78 is 49.4. The van der Waals surface area contributed by atoms with Gasteiger partial charge in [-0.3, -0.25) is 24.0 Å². The van der Waals surface area contributed by atoms with Crippen molar-refractivity contribution in [3.8, 4) is 17.2 Å². The molecule has 1 aromatic heterocycles. The van der Waals surface area contributed by atoms with Crippen molar-refractivity contribution in [3.63, 3.8) is 0 Å². The van der Waals surface area contributed by atoms with Gasteiger partial charge in [0.25, 0.3) is 5.75 Å². The highest BCUT2D eigenvalue weighted by Gasteiger charge is 2.53. The molecule has 44 heavy (non-hydrogen) atoms.